The van der Waals surface area contributed by atoms with E-state index < -0.39 is 26.1 Å². The van der Waals surface area contributed by atoms with Crippen LogP contribution in [0.2, 0.25) is 0 Å². The van der Waals surface area contributed by atoms with Gasteiger partial charge in [-0.1, -0.05) is 17.7 Å². The molecule has 0 saturated heterocycles. The second-order valence-electron chi connectivity index (χ2n) is 3.06. The molecule has 0 radical (unpaired) electrons. The first-order valence-corrected chi connectivity index (χ1v) is 7.21. The molecule has 1 aromatic rings. The number of aryl methyl sites for hydroxylation is 1. The van der Waals surface area contributed by atoms with Crippen molar-refractivity contribution in [2.75, 3.05) is 5.88 Å². The van der Waals surface area contributed by atoms with E-state index in [0.29, 0.717) is 0 Å². The minimum atomic E-state index is -4.31. The van der Waals surface area contributed by atoms with Gasteiger partial charge >= 0.3 is 10.1 Å². The van der Waals surface area contributed by atoms with Crippen molar-refractivity contribution in [3.63, 3.8) is 0 Å². The van der Waals surface area contributed by atoms with Crippen molar-refractivity contribution in [3.05, 3.63) is 29.8 Å². The molecule has 90 valence electrons. The van der Waals surface area contributed by atoms with Gasteiger partial charge in [-0.2, -0.15) is 16.8 Å². The van der Waals surface area contributed by atoms with Gasteiger partial charge in [0, 0.05) is 0 Å². The summed E-state index contributed by atoms with van der Waals surface area (Å²) in [6.45, 7) is 1.77. The van der Waals surface area contributed by atoms with Crippen molar-refractivity contribution >= 4 is 20.2 Å². The molecule has 0 atom stereocenters. The number of hydrogen-bond acceptors (Lipinski definition) is 6. The Morgan fingerprint density at radius 1 is 1.12 bits per heavy atom. The molecule has 0 unspecified atom stereocenters. The lowest BCUT2D eigenvalue weighted by Gasteiger charge is -2.04. The Balaban J connectivity index is 3.09. The molecule has 0 saturated carbocycles. The molecule has 0 aliphatic carbocycles. The normalized spacial score (nSPS) is 12.6. The van der Waals surface area contributed by atoms with Crippen LogP contribution in [0.15, 0.2) is 29.2 Å². The molecule has 1 rings (SSSR count). The van der Waals surface area contributed by atoms with Gasteiger partial charge in [0.2, 0.25) is 0 Å². The van der Waals surface area contributed by atoms with Crippen LogP contribution in [-0.2, 0) is 23.9 Å². The number of benzene rings is 1. The van der Waals surface area contributed by atoms with Crippen LogP contribution in [0, 0.1) is 6.92 Å². The Labute approximate surface area is 94.3 Å². The van der Waals surface area contributed by atoms with Crippen molar-refractivity contribution in [1.82, 2.24) is 0 Å². The van der Waals surface area contributed by atoms with Gasteiger partial charge in [-0.25, -0.2) is 0 Å². The molecular weight excluding hydrogens is 254 g/mol. The number of rotatable bonds is 4. The zero-order valence-corrected chi connectivity index (χ0v) is 10.1. The molecule has 0 amide bonds. The fourth-order valence-electron chi connectivity index (χ4n) is 0.908. The summed E-state index contributed by atoms with van der Waals surface area (Å²) in [6.07, 6.45) is 0. The topological polar surface area (TPSA) is 104 Å². The van der Waals surface area contributed by atoms with Gasteiger partial charge in [-0.05, 0) is 19.1 Å². The van der Waals surface area contributed by atoms with Gasteiger partial charge in [-0.3, -0.25) is 0 Å². The van der Waals surface area contributed by atoms with Gasteiger partial charge in [0.15, 0.2) is 0 Å². The van der Waals surface area contributed by atoms with Crippen LogP contribution in [0.5, 0.6) is 0 Å². The molecule has 6 nitrogen and oxygen atoms in total. The van der Waals surface area contributed by atoms with Crippen LogP contribution in [-0.4, -0.2) is 22.7 Å². The molecule has 0 heterocycles. The molecule has 0 aliphatic heterocycles. The van der Waals surface area contributed by atoms with E-state index in [0.717, 1.165) is 5.56 Å². The molecule has 8 heteroatoms. The maximum Gasteiger partial charge on any atom is 0.311 e. The molecule has 0 aliphatic rings. The van der Waals surface area contributed by atoms with E-state index in [1.54, 1.807) is 6.92 Å². The van der Waals surface area contributed by atoms with Crippen LogP contribution in [0.3, 0.4) is 0 Å². The Hall–Kier alpha value is -0.960. The molecule has 1 aromatic carbocycles. The highest BCUT2D eigenvalue weighted by molar-refractivity contribution is 7.99. The number of hydrogen-bond donors (Lipinski definition) is 1. The third-order valence-electron chi connectivity index (χ3n) is 1.71. The largest absolute Gasteiger partial charge is 0.316 e. The van der Waals surface area contributed by atoms with Crippen molar-refractivity contribution < 1.29 is 20.5 Å². The minimum absolute atomic E-state index is 0.227. The van der Waals surface area contributed by atoms with E-state index in [1.807, 2.05) is 0 Å². The molecule has 0 fully saturated rings. The molecular formula is C8H11NO5S2. The standard InChI is InChI=1S/C8H11NO5S2/c1-7-2-4-8(5-3-7)16(12,13)14-15(10,11)6-9/h2-5H,6,9H2,1H3. The summed E-state index contributed by atoms with van der Waals surface area (Å²) >= 11 is 0. The highest BCUT2D eigenvalue weighted by Gasteiger charge is 2.23. The molecule has 0 spiro atoms. The average molecular weight is 265 g/mol. The number of nitrogens with two attached hydrogens (primary N) is 1. The van der Waals surface area contributed by atoms with Gasteiger partial charge in [0.1, 0.15) is 5.88 Å². The smallest absolute Gasteiger partial charge is 0.311 e. The van der Waals surface area contributed by atoms with Crippen LogP contribution in [0.25, 0.3) is 0 Å². The first kappa shape index (κ1) is 13.1. The predicted molar refractivity (Wildman–Crippen MR) is 57.4 cm³/mol. The maximum absolute atomic E-state index is 11.5. The first-order valence-electron chi connectivity index (χ1n) is 4.22. The fourth-order valence-corrected chi connectivity index (χ4v) is 3.01. The third-order valence-corrected chi connectivity index (χ3v) is 4.51. The first-order chi connectivity index (χ1) is 7.27. The van der Waals surface area contributed by atoms with Gasteiger partial charge in [0.05, 0.1) is 4.90 Å². The maximum atomic E-state index is 11.5. The van der Waals surface area contributed by atoms with Crippen LogP contribution >= 0.6 is 0 Å². The Bertz CT molecular complexity index is 559. The highest BCUT2D eigenvalue weighted by Crippen LogP contribution is 2.15. The van der Waals surface area contributed by atoms with E-state index in [2.05, 4.69) is 3.63 Å². The summed E-state index contributed by atoms with van der Waals surface area (Å²) in [4.78, 5) is -0.227. The minimum Gasteiger partial charge on any atom is -0.316 e. The SMILES string of the molecule is Cc1ccc(S(=O)(=O)OS(=O)(=O)CN)cc1. The summed E-state index contributed by atoms with van der Waals surface area (Å²) in [5.74, 6) is -0.891. The summed E-state index contributed by atoms with van der Waals surface area (Å²) in [6, 6.07) is 5.59. The zero-order valence-electron chi connectivity index (χ0n) is 8.45. The van der Waals surface area contributed by atoms with E-state index in [4.69, 9.17) is 5.73 Å². The zero-order chi connectivity index (χ0) is 12.4. The fraction of sp³-hybridized carbons (Fsp3) is 0.250. The average Bonchev–Trinajstić information content (AvgIpc) is 2.17. The van der Waals surface area contributed by atoms with E-state index in [-0.39, 0.29) is 4.90 Å². The lowest BCUT2D eigenvalue weighted by atomic mass is 10.2. The summed E-state index contributed by atoms with van der Waals surface area (Å²) in [5.41, 5.74) is 5.69. The van der Waals surface area contributed by atoms with Crippen molar-refractivity contribution in [3.8, 4) is 0 Å². The quantitative estimate of drug-likeness (QED) is 0.818. The van der Waals surface area contributed by atoms with Crippen molar-refractivity contribution in [2.24, 2.45) is 5.73 Å². The lowest BCUT2D eigenvalue weighted by molar-refractivity contribution is 0.462. The third kappa shape index (κ3) is 3.27. The molecule has 0 bridgehead atoms. The highest BCUT2D eigenvalue weighted by atomic mass is 32.3. The van der Waals surface area contributed by atoms with E-state index >= 15 is 0 Å². The molecule has 0 aromatic heterocycles. The monoisotopic (exact) mass is 265 g/mol. The Morgan fingerprint density at radius 2 is 1.62 bits per heavy atom. The molecule has 2 N–H and O–H groups in total. The Kier molecular flexibility index (Phi) is 3.68. The summed E-state index contributed by atoms with van der Waals surface area (Å²) in [7, 11) is -8.56. The van der Waals surface area contributed by atoms with Gasteiger partial charge in [0.25, 0.3) is 10.1 Å². The second-order valence-corrected chi connectivity index (χ2v) is 6.43. The van der Waals surface area contributed by atoms with E-state index in [1.165, 1.54) is 24.3 Å². The van der Waals surface area contributed by atoms with Crippen molar-refractivity contribution in [2.45, 2.75) is 11.8 Å². The van der Waals surface area contributed by atoms with Crippen LogP contribution in [0.1, 0.15) is 5.56 Å². The van der Waals surface area contributed by atoms with E-state index in [9.17, 15) is 16.8 Å². The van der Waals surface area contributed by atoms with Crippen LogP contribution < -0.4 is 5.73 Å². The summed E-state index contributed by atoms with van der Waals surface area (Å²) in [5, 5.41) is 0. The van der Waals surface area contributed by atoms with Crippen LogP contribution in [0.4, 0.5) is 0 Å². The van der Waals surface area contributed by atoms with Crippen molar-refractivity contribution in [1.29, 1.82) is 0 Å². The second kappa shape index (κ2) is 4.50. The lowest BCUT2D eigenvalue weighted by Crippen LogP contribution is -2.21. The predicted octanol–water partition coefficient (Wildman–Crippen LogP) is -0.0537. The van der Waals surface area contributed by atoms with Gasteiger partial charge in [-0.15, -0.1) is 3.63 Å². The summed E-state index contributed by atoms with van der Waals surface area (Å²) < 4.78 is 48.8. The molecule has 16 heavy (non-hydrogen) atoms. The van der Waals surface area contributed by atoms with Gasteiger partial charge < -0.3 is 5.73 Å². The Morgan fingerprint density at radius 3 is 2.06 bits per heavy atom.